The van der Waals surface area contributed by atoms with Gasteiger partial charge >= 0.3 is 0 Å². The van der Waals surface area contributed by atoms with Crippen molar-refractivity contribution in [2.75, 3.05) is 19.6 Å². The van der Waals surface area contributed by atoms with Crippen molar-refractivity contribution in [3.63, 3.8) is 0 Å². The number of furan rings is 1. The molecule has 2 heterocycles. The quantitative estimate of drug-likeness (QED) is 0.849. The molecule has 2 aliphatic rings. The number of nitrogens with one attached hydrogen (secondary N) is 1. The number of nitrogens with two attached hydrogens (primary N) is 1. The SMILES string of the molecule is NC(CNC(=O)C1CCN(C(=O)c2ccoc2)CC1)C1CC1. The predicted molar refractivity (Wildman–Crippen MR) is 81.0 cm³/mol. The van der Waals surface area contributed by atoms with Crippen LogP contribution in [-0.4, -0.2) is 42.4 Å². The number of hydrogen-bond acceptors (Lipinski definition) is 4. The van der Waals surface area contributed by atoms with E-state index in [9.17, 15) is 9.59 Å². The molecule has 1 aromatic heterocycles. The van der Waals surface area contributed by atoms with E-state index in [1.807, 2.05) is 0 Å². The van der Waals surface area contributed by atoms with Crippen LogP contribution in [0.1, 0.15) is 36.0 Å². The molecule has 1 unspecified atom stereocenters. The second-order valence-corrected chi connectivity index (χ2v) is 6.32. The summed E-state index contributed by atoms with van der Waals surface area (Å²) in [7, 11) is 0. The number of likely N-dealkylation sites (tertiary alicyclic amines) is 1. The molecule has 0 aromatic carbocycles. The molecular formula is C16H23N3O3. The number of carbonyl (C=O) groups is 2. The van der Waals surface area contributed by atoms with E-state index in [4.69, 9.17) is 10.2 Å². The van der Waals surface area contributed by atoms with Gasteiger partial charge < -0.3 is 20.4 Å². The molecule has 3 rings (SSSR count). The molecule has 1 atom stereocenters. The molecular weight excluding hydrogens is 282 g/mol. The van der Waals surface area contributed by atoms with Crippen LogP contribution in [0, 0.1) is 11.8 Å². The molecule has 2 fully saturated rings. The van der Waals surface area contributed by atoms with E-state index in [-0.39, 0.29) is 23.8 Å². The second kappa shape index (κ2) is 6.52. The molecule has 0 spiro atoms. The highest BCUT2D eigenvalue weighted by Crippen LogP contribution is 2.31. The molecule has 3 N–H and O–H groups in total. The van der Waals surface area contributed by atoms with Gasteiger partial charge in [0, 0.05) is 31.6 Å². The maximum Gasteiger partial charge on any atom is 0.257 e. The summed E-state index contributed by atoms with van der Waals surface area (Å²) in [5.74, 6) is 0.629. The third-order valence-corrected chi connectivity index (χ3v) is 4.66. The minimum atomic E-state index is -0.0247. The van der Waals surface area contributed by atoms with Crippen LogP contribution in [0.15, 0.2) is 23.0 Å². The van der Waals surface area contributed by atoms with Crippen molar-refractivity contribution in [3.8, 4) is 0 Å². The zero-order chi connectivity index (χ0) is 15.5. The van der Waals surface area contributed by atoms with Crippen molar-refractivity contribution >= 4 is 11.8 Å². The number of nitrogens with zero attached hydrogens (tertiary/aromatic N) is 1. The van der Waals surface area contributed by atoms with Crippen molar-refractivity contribution in [1.29, 1.82) is 0 Å². The summed E-state index contributed by atoms with van der Waals surface area (Å²) in [6, 6.07) is 1.76. The number of rotatable bonds is 5. The first kappa shape index (κ1) is 15.1. The maximum atomic E-state index is 12.2. The van der Waals surface area contributed by atoms with Gasteiger partial charge in [-0.2, -0.15) is 0 Å². The van der Waals surface area contributed by atoms with Crippen molar-refractivity contribution in [2.45, 2.75) is 31.7 Å². The molecule has 1 aliphatic carbocycles. The Morgan fingerprint density at radius 3 is 2.64 bits per heavy atom. The number of piperidine rings is 1. The molecule has 2 amide bonds. The fourth-order valence-corrected chi connectivity index (χ4v) is 2.97. The highest BCUT2D eigenvalue weighted by atomic mass is 16.3. The smallest absolute Gasteiger partial charge is 0.257 e. The standard InChI is InChI=1S/C16H23N3O3/c17-14(11-1-2-11)9-18-15(20)12-3-6-19(7-4-12)16(21)13-5-8-22-10-13/h5,8,10-12,14H,1-4,6-7,9,17H2,(H,18,20). The Bertz CT molecular complexity index is 517. The van der Waals surface area contributed by atoms with Crippen LogP contribution >= 0.6 is 0 Å². The molecule has 1 saturated heterocycles. The molecule has 6 heteroatoms. The summed E-state index contributed by atoms with van der Waals surface area (Å²) in [5.41, 5.74) is 6.56. The summed E-state index contributed by atoms with van der Waals surface area (Å²) >= 11 is 0. The van der Waals surface area contributed by atoms with Gasteiger partial charge in [0.15, 0.2) is 0 Å². The van der Waals surface area contributed by atoms with E-state index < -0.39 is 0 Å². The summed E-state index contributed by atoms with van der Waals surface area (Å²) in [6.07, 6.45) is 6.73. The summed E-state index contributed by atoms with van der Waals surface area (Å²) < 4.78 is 4.94. The molecule has 0 bridgehead atoms. The van der Waals surface area contributed by atoms with E-state index in [1.54, 1.807) is 11.0 Å². The Morgan fingerprint density at radius 1 is 1.32 bits per heavy atom. The first-order chi connectivity index (χ1) is 10.6. The fraction of sp³-hybridized carbons (Fsp3) is 0.625. The molecule has 120 valence electrons. The van der Waals surface area contributed by atoms with Gasteiger partial charge in [-0.25, -0.2) is 0 Å². The molecule has 22 heavy (non-hydrogen) atoms. The van der Waals surface area contributed by atoms with Gasteiger partial charge in [-0.1, -0.05) is 0 Å². The average molecular weight is 305 g/mol. The van der Waals surface area contributed by atoms with Gasteiger partial charge in [0.2, 0.25) is 5.91 Å². The predicted octanol–water partition coefficient (Wildman–Crippen LogP) is 0.985. The molecule has 6 nitrogen and oxygen atoms in total. The summed E-state index contributed by atoms with van der Waals surface area (Å²) in [6.45, 7) is 1.78. The minimum absolute atomic E-state index is 0.0141. The lowest BCUT2D eigenvalue weighted by Gasteiger charge is -2.31. The third-order valence-electron chi connectivity index (χ3n) is 4.66. The topological polar surface area (TPSA) is 88.6 Å². The average Bonchev–Trinajstić information content (AvgIpc) is 3.26. The van der Waals surface area contributed by atoms with Crippen molar-refractivity contribution in [2.24, 2.45) is 17.6 Å². The first-order valence-corrected chi connectivity index (χ1v) is 8.00. The van der Waals surface area contributed by atoms with E-state index in [1.165, 1.54) is 25.4 Å². The van der Waals surface area contributed by atoms with E-state index in [2.05, 4.69) is 5.32 Å². The van der Waals surface area contributed by atoms with Gasteiger partial charge in [-0.15, -0.1) is 0 Å². The van der Waals surface area contributed by atoms with E-state index >= 15 is 0 Å². The summed E-state index contributed by atoms with van der Waals surface area (Å²) in [5, 5.41) is 2.96. The van der Waals surface area contributed by atoms with E-state index in [0.717, 1.165) is 0 Å². The monoisotopic (exact) mass is 305 g/mol. The number of amides is 2. The van der Waals surface area contributed by atoms with Crippen LogP contribution in [0.5, 0.6) is 0 Å². The highest BCUT2D eigenvalue weighted by molar-refractivity contribution is 5.94. The van der Waals surface area contributed by atoms with Gasteiger partial charge in [0.1, 0.15) is 6.26 Å². The van der Waals surface area contributed by atoms with Gasteiger partial charge in [-0.3, -0.25) is 9.59 Å². The molecule has 1 aliphatic heterocycles. The Hall–Kier alpha value is -1.82. The fourth-order valence-electron chi connectivity index (χ4n) is 2.97. The Balaban J connectivity index is 1.42. The van der Waals surface area contributed by atoms with Crippen LogP contribution in [-0.2, 0) is 4.79 Å². The van der Waals surface area contributed by atoms with E-state index in [0.29, 0.717) is 44.0 Å². The second-order valence-electron chi connectivity index (χ2n) is 6.32. The van der Waals surface area contributed by atoms with Crippen LogP contribution in [0.3, 0.4) is 0 Å². The lowest BCUT2D eigenvalue weighted by molar-refractivity contribution is -0.126. The minimum Gasteiger partial charge on any atom is -0.472 e. The number of carbonyl (C=O) groups excluding carboxylic acids is 2. The van der Waals surface area contributed by atoms with Crippen molar-refractivity contribution < 1.29 is 14.0 Å². The van der Waals surface area contributed by atoms with Gasteiger partial charge in [-0.05, 0) is 37.7 Å². The largest absolute Gasteiger partial charge is 0.472 e. The Morgan fingerprint density at radius 2 is 2.05 bits per heavy atom. The lowest BCUT2D eigenvalue weighted by Crippen LogP contribution is -2.45. The van der Waals surface area contributed by atoms with Crippen molar-refractivity contribution in [3.05, 3.63) is 24.2 Å². The van der Waals surface area contributed by atoms with Crippen LogP contribution < -0.4 is 11.1 Å². The molecule has 0 radical (unpaired) electrons. The maximum absolute atomic E-state index is 12.2. The summed E-state index contributed by atoms with van der Waals surface area (Å²) in [4.78, 5) is 26.1. The zero-order valence-corrected chi connectivity index (χ0v) is 12.7. The van der Waals surface area contributed by atoms with Crippen molar-refractivity contribution in [1.82, 2.24) is 10.2 Å². The van der Waals surface area contributed by atoms with Crippen LogP contribution in [0.25, 0.3) is 0 Å². The Kier molecular flexibility index (Phi) is 4.47. The lowest BCUT2D eigenvalue weighted by atomic mass is 9.95. The Labute approximate surface area is 130 Å². The molecule has 1 aromatic rings. The highest BCUT2D eigenvalue weighted by Gasteiger charge is 2.31. The first-order valence-electron chi connectivity index (χ1n) is 8.00. The third kappa shape index (κ3) is 3.50. The normalized spacial score (nSPS) is 20.7. The van der Waals surface area contributed by atoms with Crippen LogP contribution in [0.4, 0.5) is 0 Å². The van der Waals surface area contributed by atoms with Crippen LogP contribution in [0.2, 0.25) is 0 Å². The van der Waals surface area contributed by atoms with Gasteiger partial charge in [0.05, 0.1) is 11.8 Å². The molecule has 1 saturated carbocycles. The number of hydrogen-bond donors (Lipinski definition) is 2. The van der Waals surface area contributed by atoms with Gasteiger partial charge in [0.25, 0.3) is 5.91 Å². The zero-order valence-electron chi connectivity index (χ0n) is 12.7.